The van der Waals surface area contributed by atoms with Gasteiger partial charge in [0.05, 0.1) is 0 Å². The summed E-state index contributed by atoms with van der Waals surface area (Å²) in [6.07, 6.45) is 6.16. The molecule has 0 bridgehead atoms. The standard InChI is InChI=1S/C18H26N4O3S/c1-21-8-10-22(11-9-21)26(24,25)20-18(23)19-17-15-6-2-4-13(15)12-14-5-3-7-16(14)17/h12H,2-11H2,1H3,(H2,19,20,23). The van der Waals surface area contributed by atoms with Crippen LogP contribution >= 0.6 is 0 Å². The van der Waals surface area contributed by atoms with Crippen molar-refractivity contribution in [3.8, 4) is 0 Å². The number of hydrogen-bond donors (Lipinski definition) is 2. The van der Waals surface area contributed by atoms with Crippen molar-refractivity contribution in [2.45, 2.75) is 38.5 Å². The highest BCUT2D eigenvalue weighted by Crippen LogP contribution is 2.38. The molecule has 1 aromatic carbocycles. The van der Waals surface area contributed by atoms with Gasteiger partial charge in [-0.3, -0.25) is 0 Å². The number of fused-ring (bicyclic) bond motifs is 2. The van der Waals surface area contributed by atoms with E-state index in [1.807, 2.05) is 7.05 Å². The van der Waals surface area contributed by atoms with Crippen molar-refractivity contribution in [1.82, 2.24) is 13.9 Å². The van der Waals surface area contributed by atoms with Gasteiger partial charge in [-0.2, -0.15) is 12.7 Å². The number of rotatable bonds is 3. The van der Waals surface area contributed by atoms with Crippen LogP contribution < -0.4 is 10.0 Å². The Morgan fingerprint density at radius 1 is 0.962 bits per heavy atom. The quantitative estimate of drug-likeness (QED) is 0.830. The van der Waals surface area contributed by atoms with E-state index >= 15 is 0 Å². The van der Waals surface area contributed by atoms with Crippen molar-refractivity contribution < 1.29 is 13.2 Å². The maximum absolute atomic E-state index is 12.5. The minimum Gasteiger partial charge on any atom is -0.307 e. The van der Waals surface area contributed by atoms with Gasteiger partial charge in [0, 0.05) is 31.9 Å². The van der Waals surface area contributed by atoms with E-state index in [0.717, 1.165) is 44.2 Å². The molecule has 1 heterocycles. The second-order valence-electron chi connectivity index (χ2n) is 7.50. The Hall–Kier alpha value is -1.64. The summed E-state index contributed by atoms with van der Waals surface area (Å²) in [5, 5.41) is 2.88. The highest BCUT2D eigenvalue weighted by Gasteiger charge is 2.29. The van der Waals surface area contributed by atoms with Crippen LogP contribution in [0.1, 0.15) is 35.1 Å². The number of hydrogen-bond acceptors (Lipinski definition) is 4. The second kappa shape index (κ2) is 6.83. The molecule has 0 unspecified atom stereocenters. The van der Waals surface area contributed by atoms with Crippen LogP contribution in [0.25, 0.3) is 0 Å². The van der Waals surface area contributed by atoms with Crippen LogP contribution in [-0.2, 0) is 35.9 Å². The molecule has 0 atom stereocenters. The van der Waals surface area contributed by atoms with Crippen LogP contribution in [-0.4, -0.2) is 56.9 Å². The number of nitrogens with zero attached hydrogens (tertiary/aromatic N) is 2. The molecular formula is C18H26N4O3S. The Morgan fingerprint density at radius 3 is 2.12 bits per heavy atom. The van der Waals surface area contributed by atoms with Crippen LogP contribution in [0.4, 0.5) is 10.5 Å². The number of urea groups is 1. The number of carbonyl (C=O) groups is 1. The van der Waals surface area contributed by atoms with Crippen molar-refractivity contribution in [3.05, 3.63) is 28.3 Å². The number of anilines is 1. The van der Waals surface area contributed by atoms with Crippen LogP contribution in [0, 0.1) is 0 Å². The average molecular weight is 378 g/mol. The summed E-state index contributed by atoms with van der Waals surface area (Å²) in [7, 11) is -1.85. The molecule has 4 rings (SSSR count). The maximum Gasteiger partial charge on any atom is 0.333 e. The molecule has 8 heteroatoms. The van der Waals surface area contributed by atoms with E-state index in [4.69, 9.17) is 0 Å². The first-order chi connectivity index (χ1) is 12.4. The zero-order valence-electron chi connectivity index (χ0n) is 15.2. The van der Waals surface area contributed by atoms with Gasteiger partial charge in [0.1, 0.15) is 0 Å². The number of amides is 2. The SMILES string of the molecule is CN1CCN(S(=O)(=O)NC(=O)Nc2c3c(cc4c2CCC4)CCC3)CC1. The molecule has 7 nitrogen and oxygen atoms in total. The van der Waals surface area contributed by atoms with Crippen molar-refractivity contribution in [2.24, 2.45) is 0 Å². The smallest absolute Gasteiger partial charge is 0.307 e. The molecule has 1 aliphatic heterocycles. The van der Waals surface area contributed by atoms with E-state index in [1.165, 1.54) is 26.6 Å². The van der Waals surface area contributed by atoms with Crippen LogP contribution in [0.15, 0.2) is 6.07 Å². The lowest BCUT2D eigenvalue weighted by molar-refractivity contribution is 0.220. The Labute approximate surface area is 154 Å². The molecule has 26 heavy (non-hydrogen) atoms. The zero-order chi connectivity index (χ0) is 18.3. The lowest BCUT2D eigenvalue weighted by atomic mass is 9.99. The minimum atomic E-state index is -3.81. The summed E-state index contributed by atoms with van der Waals surface area (Å²) in [5.74, 6) is 0. The molecule has 0 saturated carbocycles. The van der Waals surface area contributed by atoms with Gasteiger partial charge >= 0.3 is 16.2 Å². The molecule has 2 amide bonds. The fourth-order valence-electron chi connectivity index (χ4n) is 4.32. The van der Waals surface area contributed by atoms with Crippen LogP contribution in [0.5, 0.6) is 0 Å². The molecule has 1 fully saturated rings. The van der Waals surface area contributed by atoms with E-state index < -0.39 is 16.2 Å². The summed E-state index contributed by atoms with van der Waals surface area (Å²) in [6.45, 7) is 2.13. The number of aryl methyl sites for hydroxylation is 2. The summed E-state index contributed by atoms with van der Waals surface area (Å²) >= 11 is 0. The van der Waals surface area contributed by atoms with E-state index in [-0.39, 0.29) is 0 Å². The first-order valence-corrected chi connectivity index (χ1v) is 10.8. The van der Waals surface area contributed by atoms with Gasteiger partial charge < -0.3 is 10.2 Å². The first-order valence-electron chi connectivity index (χ1n) is 9.38. The average Bonchev–Trinajstić information content (AvgIpc) is 3.23. The van der Waals surface area contributed by atoms with Crippen molar-refractivity contribution in [1.29, 1.82) is 0 Å². The number of carbonyl (C=O) groups excluding carboxylic acids is 1. The molecule has 0 aromatic heterocycles. The fourth-order valence-corrected chi connectivity index (χ4v) is 5.37. The van der Waals surface area contributed by atoms with Gasteiger partial charge in [0.15, 0.2) is 0 Å². The van der Waals surface area contributed by atoms with E-state index in [2.05, 4.69) is 21.0 Å². The van der Waals surface area contributed by atoms with Gasteiger partial charge in [-0.1, -0.05) is 6.07 Å². The molecule has 0 spiro atoms. The molecule has 142 valence electrons. The molecular weight excluding hydrogens is 352 g/mol. The lowest BCUT2D eigenvalue weighted by Crippen LogP contribution is -2.52. The third-order valence-electron chi connectivity index (χ3n) is 5.74. The molecule has 2 aliphatic carbocycles. The van der Waals surface area contributed by atoms with Crippen molar-refractivity contribution >= 4 is 21.9 Å². The van der Waals surface area contributed by atoms with Crippen molar-refractivity contribution in [3.63, 3.8) is 0 Å². The molecule has 1 aromatic rings. The topological polar surface area (TPSA) is 81.8 Å². The van der Waals surface area contributed by atoms with E-state index in [0.29, 0.717) is 26.2 Å². The summed E-state index contributed by atoms with van der Waals surface area (Å²) < 4.78 is 28.5. The van der Waals surface area contributed by atoms with Gasteiger partial charge in [-0.05, 0) is 67.8 Å². The van der Waals surface area contributed by atoms with Gasteiger partial charge in [0.2, 0.25) is 0 Å². The molecule has 0 radical (unpaired) electrons. The number of benzene rings is 1. The van der Waals surface area contributed by atoms with Gasteiger partial charge in [0.25, 0.3) is 0 Å². The normalized spacial score (nSPS) is 20.7. The number of likely N-dealkylation sites (N-methyl/N-ethyl adjacent to an activating group) is 1. The number of piperazine rings is 1. The molecule has 2 N–H and O–H groups in total. The Balaban J connectivity index is 1.51. The highest BCUT2D eigenvalue weighted by atomic mass is 32.2. The fraction of sp³-hybridized carbons (Fsp3) is 0.611. The predicted octanol–water partition coefficient (Wildman–Crippen LogP) is 1.28. The summed E-state index contributed by atoms with van der Waals surface area (Å²) in [4.78, 5) is 14.6. The Kier molecular flexibility index (Phi) is 4.66. The molecule has 1 saturated heterocycles. The van der Waals surface area contributed by atoms with Crippen molar-refractivity contribution in [2.75, 3.05) is 38.5 Å². The monoisotopic (exact) mass is 378 g/mol. The maximum atomic E-state index is 12.5. The summed E-state index contributed by atoms with van der Waals surface area (Å²) in [5.41, 5.74) is 5.86. The van der Waals surface area contributed by atoms with Gasteiger partial charge in [-0.25, -0.2) is 9.52 Å². The van der Waals surface area contributed by atoms with Crippen LogP contribution in [0.2, 0.25) is 0 Å². The lowest BCUT2D eigenvalue weighted by Gasteiger charge is -2.31. The predicted molar refractivity (Wildman–Crippen MR) is 101 cm³/mol. The van der Waals surface area contributed by atoms with E-state index in [1.54, 1.807) is 0 Å². The first kappa shape index (κ1) is 17.8. The Bertz CT molecular complexity index is 797. The molecule has 3 aliphatic rings. The second-order valence-corrected chi connectivity index (χ2v) is 9.17. The van der Waals surface area contributed by atoms with E-state index in [9.17, 15) is 13.2 Å². The largest absolute Gasteiger partial charge is 0.333 e. The van der Waals surface area contributed by atoms with Gasteiger partial charge in [-0.15, -0.1) is 0 Å². The third-order valence-corrected chi connectivity index (χ3v) is 7.22. The Morgan fingerprint density at radius 2 is 1.54 bits per heavy atom. The highest BCUT2D eigenvalue weighted by molar-refractivity contribution is 7.87. The third kappa shape index (κ3) is 3.33. The van der Waals surface area contributed by atoms with Crippen LogP contribution in [0.3, 0.4) is 0 Å². The minimum absolute atomic E-state index is 0.398. The summed E-state index contributed by atoms with van der Waals surface area (Å²) in [6, 6.07) is 1.63. The zero-order valence-corrected chi connectivity index (χ0v) is 16.0. The number of nitrogens with one attached hydrogen (secondary N) is 2.